The zero-order valence-electron chi connectivity index (χ0n) is 32.3. The van der Waals surface area contributed by atoms with Crippen molar-refractivity contribution in [1.82, 2.24) is 10.2 Å². The number of carbonyl (C=O) groups excluding carboxylic acids is 3. The highest BCUT2D eigenvalue weighted by Gasteiger charge is 2.39. The second kappa shape index (κ2) is 17.6. The van der Waals surface area contributed by atoms with Gasteiger partial charge in [0.1, 0.15) is 30.2 Å². The first-order valence-corrected chi connectivity index (χ1v) is 20.1. The Balaban J connectivity index is 0.991. The van der Waals surface area contributed by atoms with Gasteiger partial charge in [-0.3, -0.25) is 14.4 Å². The first-order valence-electron chi connectivity index (χ1n) is 19.3. The minimum Gasteiger partial charge on any atom is -0.489 e. The molecule has 0 radical (unpaired) electrons. The largest absolute Gasteiger partial charge is 0.489 e. The van der Waals surface area contributed by atoms with Gasteiger partial charge in [-0.2, -0.15) is 5.26 Å². The number of carboxylic acids is 1. The summed E-state index contributed by atoms with van der Waals surface area (Å²) in [5.74, 6) is -1.67. The van der Waals surface area contributed by atoms with Gasteiger partial charge in [0.25, 0.3) is 11.8 Å². The topological polar surface area (TPSA) is 158 Å². The van der Waals surface area contributed by atoms with Gasteiger partial charge in [-0.1, -0.05) is 96.0 Å². The summed E-state index contributed by atoms with van der Waals surface area (Å²) in [4.78, 5) is 55.7. The highest BCUT2D eigenvalue weighted by Crippen LogP contribution is 2.40. The molecule has 0 saturated carbocycles. The monoisotopic (exact) mass is 850 g/mol. The number of amides is 3. The number of nitriles is 1. The van der Waals surface area contributed by atoms with Crippen molar-refractivity contribution in [1.29, 1.82) is 5.26 Å². The van der Waals surface area contributed by atoms with Crippen LogP contribution < -0.4 is 20.1 Å². The molecule has 6 aromatic carbocycles. The molecule has 6 aromatic rings. The molecule has 8 rings (SSSR count). The van der Waals surface area contributed by atoms with Crippen LogP contribution in [0.3, 0.4) is 0 Å². The number of nitrogens with one attached hydrogen (secondary N) is 2. The number of halogens is 2. The van der Waals surface area contributed by atoms with Crippen molar-refractivity contribution in [3.63, 3.8) is 0 Å². The van der Waals surface area contributed by atoms with Gasteiger partial charge in [0, 0.05) is 30.5 Å². The third-order valence-corrected chi connectivity index (χ3v) is 11.4. The van der Waals surface area contributed by atoms with E-state index in [1.165, 1.54) is 4.90 Å². The Labute approximate surface area is 361 Å². The molecule has 3 unspecified atom stereocenters. The van der Waals surface area contributed by atoms with Crippen LogP contribution in [0.5, 0.6) is 11.5 Å². The van der Waals surface area contributed by atoms with Gasteiger partial charge in [0.2, 0.25) is 12.0 Å². The lowest BCUT2D eigenvalue weighted by molar-refractivity contribution is -0.142. The predicted molar refractivity (Wildman–Crippen MR) is 229 cm³/mol. The number of anilines is 1. The van der Waals surface area contributed by atoms with Gasteiger partial charge >= 0.3 is 5.97 Å². The highest BCUT2D eigenvalue weighted by atomic mass is 35.5. The molecule has 61 heavy (non-hydrogen) atoms. The SMILES string of the molecule is N#Cc1ccc(-c2ccc(CC(NC(=O)C3Cc4cc5c(cc4CN3C(=O)c3ccccc3)OC(c3ccc(OCc4ccc(Cl)c(Cl)c4)cc3)C(=O)N5)C(=O)O)cc2)cc1. The van der Waals surface area contributed by atoms with Crippen LogP contribution in [0.2, 0.25) is 10.0 Å². The number of aliphatic carboxylic acids is 1. The number of hydrogen-bond donors (Lipinski definition) is 3. The number of benzene rings is 6. The smallest absolute Gasteiger partial charge is 0.326 e. The van der Waals surface area contributed by atoms with E-state index < -0.39 is 41.9 Å². The van der Waals surface area contributed by atoms with E-state index in [9.17, 15) is 24.3 Å². The summed E-state index contributed by atoms with van der Waals surface area (Å²) in [6, 6.07) is 38.5. The van der Waals surface area contributed by atoms with Crippen LogP contribution in [-0.2, 0) is 40.4 Å². The van der Waals surface area contributed by atoms with E-state index in [0.29, 0.717) is 60.6 Å². The first-order chi connectivity index (χ1) is 29.5. The standard InChI is InChI=1S/C48H36Cl2N4O7/c49-38-19-10-30(20-39(38)50)27-60-37-17-15-33(16-18-37)44-46(56)52-40-22-35-23-42(54(26-36(35)24-43(40)61-44)47(57)34-4-2-1-3-5-34)45(55)53-41(48(58)59)21-28-6-11-31(12-7-28)32-13-8-29(25-51)9-14-32/h1-20,22,24,41-42,44H,21,23,26-27H2,(H,52,56)(H,53,55)(H,58,59). The number of fused-ring (bicyclic) bond motifs is 2. The van der Waals surface area contributed by atoms with E-state index in [-0.39, 0.29) is 26.0 Å². The molecule has 2 heterocycles. The molecule has 3 N–H and O–H groups in total. The second-order valence-electron chi connectivity index (χ2n) is 14.7. The van der Waals surface area contributed by atoms with Crippen molar-refractivity contribution >= 4 is 52.6 Å². The van der Waals surface area contributed by atoms with Gasteiger partial charge in [-0.05, 0) is 94.0 Å². The summed E-state index contributed by atoms with van der Waals surface area (Å²) in [5, 5.41) is 25.9. The molecule has 0 spiro atoms. The average Bonchev–Trinajstić information content (AvgIpc) is 3.28. The number of carbonyl (C=O) groups is 4. The van der Waals surface area contributed by atoms with Crippen molar-refractivity contribution in [2.24, 2.45) is 0 Å². The van der Waals surface area contributed by atoms with Gasteiger partial charge < -0.3 is 30.1 Å². The lowest BCUT2D eigenvalue weighted by Gasteiger charge is -2.37. The summed E-state index contributed by atoms with van der Waals surface area (Å²) in [5.41, 5.74) is 6.64. The lowest BCUT2D eigenvalue weighted by Crippen LogP contribution is -2.56. The highest BCUT2D eigenvalue weighted by molar-refractivity contribution is 6.42. The van der Waals surface area contributed by atoms with E-state index in [1.807, 2.05) is 30.3 Å². The summed E-state index contributed by atoms with van der Waals surface area (Å²) in [7, 11) is 0. The zero-order valence-corrected chi connectivity index (χ0v) is 33.8. The average molecular weight is 852 g/mol. The van der Waals surface area contributed by atoms with Crippen LogP contribution in [0, 0.1) is 11.3 Å². The first kappa shape index (κ1) is 40.6. The summed E-state index contributed by atoms with van der Waals surface area (Å²) < 4.78 is 12.2. The Morgan fingerprint density at radius 1 is 0.852 bits per heavy atom. The van der Waals surface area contributed by atoms with Crippen LogP contribution in [-0.4, -0.2) is 45.8 Å². The molecular weight excluding hydrogens is 815 g/mol. The minimum absolute atomic E-state index is 0.00279. The molecule has 0 aromatic heterocycles. The maximum atomic E-state index is 14.1. The third kappa shape index (κ3) is 9.06. The molecule has 2 aliphatic heterocycles. The molecule has 2 aliphatic rings. The van der Waals surface area contributed by atoms with Gasteiger partial charge in [-0.15, -0.1) is 0 Å². The van der Waals surface area contributed by atoms with Crippen LogP contribution >= 0.6 is 23.2 Å². The Bertz CT molecular complexity index is 2690. The number of carboxylic acid groups (broad SMARTS) is 1. The fourth-order valence-electron chi connectivity index (χ4n) is 7.41. The predicted octanol–water partition coefficient (Wildman–Crippen LogP) is 8.56. The van der Waals surface area contributed by atoms with Gasteiger partial charge in [-0.25, -0.2) is 4.79 Å². The Hall–Kier alpha value is -7.13. The van der Waals surface area contributed by atoms with E-state index in [0.717, 1.165) is 16.7 Å². The molecule has 3 amide bonds. The second-order valence-corrected chi connectivity index (χ2v) is 15.5. The fraction of sp³-hybridized carbons (Fsp3) is 0.146. The Kier molecular flexibility index (Phi) is 11.7. The maximum absolute atomic E-state index is 14.1. The molecule has 0 aliphatic carbocycles. The number of nitrogens with zero attached hydrogens (tertiary/aromatic N) is 2. The minimum atomic E-state index is -1.29. The van der Waals surface area contributed by atoms with Crippen molar-refractivity contribution < 1.29 is 33.8 Å². The van der Waals surface area contributed by atoms with Crippen LogP contribution in [0.15, 0.2) is 133 Å². The lowest BCUT2D eigenvalue weighted by atomic mass is 9.91. The molecule has 3 atom stereocenters. The van der Waals surface area contributed by atoms with E-state index in [4.69, 9.17) is 37.9 Å². The van der Waals surface area contributed by atoms with Crippen LogP contribution in [0.25, 0.3) is 11.1 Å². The number of ether oxygens (including phenoxy) is 2. The molecule has 13 heteroatoms. The van der Waals surface area contributed by atoms with Gasteiger partial charge in [0.15, 0.2) is 0 Å². The maximum Gasteiger partial charge on any atom is 0.326 e. The summed E-state index contributed by atoms with van der Waals surface area (Å²) in [6.45, 7) is 0.286. The van der Waals surface area contributed by atoms with Crippen molar-refractivity contribution in [2.45, 2.75) is 44.2 Å². The normalized spacial score (nSPS) is 15.8. The van der Waals surface area contributed by atoms with E-state index in [1.54, 1.807) is 103 Å². The number of hydrogen-bond acceptors (Lipinski definition) is 7. The Morgan fingerprint density at radius 3 is 2.21 bits per heavy atom. The number of rotatable bonds is 11. The van der Waals surface area contributed by atoms with E-state index in [2.05, 4.69) is 16.7 Å². The molecule has 304 valence electrons. The third-order valence-electron chi connectivity index (χ3n) is 10.7. The molecule has 11 nitrogen and oxygen atoms in total. The van der Waals surface area contributed by atoms with E-state index >= 15 is 0 Å². The summed E-state index contributed by atoms with van der Waals surface area (Å²) >= 11 is 12.2. The van der Waals surface area contributed by atoms with Crippen molar-refractivity contribution in [3.05, 3.63) is 182 Å². The van der Waals surface area contributed by atoms with Crippen molar-refractivity contribution in [2.75, 3.05) is 5.32 Å². The molecule has 0 bridgehead atoms. The quantitative estimate of drug-likeness (QED) is 0.117. The molecular formula is C48H36Cl2N4O7. The molecule has 0 fully saturated rings. The molecule has 0 saturated heterocycles. The zero-order chi connectivity index (χ0) is 42.6. The Morgan fingerprint density at radius 2 is 1.54 bits per heavy atom. The van der Waals surface area contributed by atoms with Crippen LogP contribution in [0.1, 0.15) is 49.8 Å². The van der Waals surface area contributed by atoms with Gasteiger partial charge in [0.05, 0.1) is 27.4 Å². The van der Waals surface area contributed by atoms with Crippen LogP contribution in [0.4, 0.5) is 5.69 Å². The van der Waals surface area contributed by atoms with Crippen molar-refractivity contribution in [3.8, 4) is 28.7 Å². The summed E-state index contributed by atoms with van der Waals surface area (Å²) in [6.07, 6.45) is -0.919. The fourth-order valence-corrected chi connectivity index (χ4v) is 7.73.